The molecule has 3 N–H and O–H groups in total. The zero-order valence-electron chi connectivity index (χ0n) is 12.2. The Morgan fingerprint density at radius 2 is 2.24 bits per heavy atom. The van der Waals surface area contributed by atoms with E-state index in [-0.39, 0.29) is 5.91 Å². The van der Waals surface area contributed by atoms with Crippen molar-refractivity contribution in [2.75, 3.05) is 19.3 Å². The minimum absolute atomic E-state index is 0.168. The molecule has 0 aliphatic carbocycles. The summed E-state index contributed by atoms with van der Waals surface area (Å²) in [7, 11) is 1.70. The summed E-state index contributed by atoms with van der Waals surface area (Å²) < 4.78 is 1.62. The second-order valence-corrected chi connectivity index (χ2v) is 5.10. The van der Waals surface area contributed by atoms with Crippen LogP contribution in [-0.2, 0) is 0 Å². The maximum Gasteiger partial charge on any atom is 0.274 e. The van der Waals surface area contributed by atoms with Crippen molar-refractivity contribution in [3.63, 3.8) is 0 Å². The Balaban J connectivity index is 2.10. The van der Waals surface area contributed by atoms with Gasteiger partial charge in [-0.05, 0) is 37.6 Å². The highest BCUT2D eigenvalue weighted by molar-refractivity contribution is 5.92. The van der Waals surface area contributed by atoms with Crippen LogP contribution in [0.25, 0.3) is 5.69 Å². The number of nitrogens with two attached hydrogens (primary N) is 1. The molecule has 21 heavy (non-hydrogen) atoms. The standard InChI is InChI=1S/C15H20N4O2/c1-11(20)6-8-18(2)15(21)14-7-9-19(17-14)13-5-3-4-12(16)10-13/h3-5,7,9-11,20H,6,8,16H2,1-2H3. The van der Waals surface area contributed by atoms with E-state index < -0.39 is 6.10 Å². The molecule has 1 unspecified atom stereocenters. The number of rotatable bonds is 5. The molecule has 6 heteroatoms. The van der Waals surface area contributed by atoms with Gasteiger partial charge in [0, 0.05) is 25.5 Å². The molecule has 1 aromatic heterocycles. The molecule has 1 atom stereocenters. The number of hydrogen-bond donors (Lipinski definition) is 2. The quantitative estimate of drug-likeness (QED) is 0.812. The van der Waals surface area contributed by atoms with Crippen molar-refractivity contribution in [3.8, 4) is 5.69 Å². The molecule has 6 nitrogen and oxygen atoms in total. The normalized spacial score (nSPS) is 12.1. The maximum atomic E-state index is 12.2. The number of aliphatic hydroxyl groups excluding tert-OH is 1. The van der Waals surface area contributed by atoms with Gasteiger partial charge in [0.15, 0.2) is 5.69 Å². The molecular formula is C15H20N4O2. The molecule has 0 fully saturated rings. The second-order valence-electron chi connectivity index (χ2n) is 5.10. The number of anilines is 1. The Morgan fingerprint density at radius 3 is 2.90 bits per heavy atom. The van der Waals surface area contributed by atoms with Crippen LogP contribution in [0.5, 0.6) is 0 Å². The van der Waals surface area contributed by atoms with E-state index in [2.05, 4.69) is 5.10 Å². The average Bonchev–Trinajstić information content (AvgIpc) is 2.93. The number of carbonyl (C=O) groups is 1. The summed E-state index contributed by atoms with van der Waals surface area (Å²) in [6.07, 6.45) is 1.84. The Morgan fingerprint density at radius 1 is 1.48 bits per heavy atom. The molecule has 0 aliphatic rings. The largest absolute Gasteiger partial charge is 0.399 e. The predicted molar refractivity (Wildman–Crippen MR) is 81.2 cm³/mol. The highest BCUT2D eigenvalue weighted by Gasteiger charge is 2.15. The van der Waals surface area contributed by atoms with E-state index >= 15 is 0 Å². The van der Waals surface area contributed by atoms with Crippen LogP contribution in [0.4, 0.5) is 5.69 Å². The van der Waals surface area contributed by atoms with Crippen LogP contribution < -0.4 is 5.73 Å². The van der Waals surface area contributed by atoms with E-state index in [4.69, 9.17) is 5.73 Å². The smallest absolute Gasteiger partial charge is 0.274 e. The van der Waals surface area contributed by atoms with Crippen LogP contribution in [0.15, 0.2) is 36.5 Å². The number of nitrogen functional groups attached to an aromatic ring is 1. The molecule has 0 saturated heterocycles. The van der Waals surface area contributed by atoms with E-state index in [0.717, 1.165) is 5.69 Å². The topological polar surface area (TPSA) is 84.4 Å². The first kappa shape index (κ1) is 15.1. The summed E-state index contributed by atoms with van der Waals surface area (Å²) in [6, 6.07) is 8.96. The monoisotopic (exact) mass is 288 g/mol. The Bertz CT molecular complexity index is 622. The van der Waals surface area contributed by atoms with Crippen molar-refractivity contribution in [1.29, 1.82) is 0 Å². The lowest BCUT2D eigenvalue weighted by Crippen LogP contribution is -2.29. The molecule has 1 aromatic carbocycles. The van der Waals surface area contributed by atoms with Gasteiger partial charge in [0.05, 0.1) is 11.8 Å². The lowest BCUT2D eigenvalue weighted by molar-refractivity contribution is 0.0763. The lowest BCUT2D eigenvalue weighted by atomic mass is 10.2. The van der Waals surface area contributed by atoms with Gasteiger partial charge in [0.2, 0.25) is 0 Å². The van der Waals surface area contributed by atoms with E-state index in [9.17, 15) is 9.90 Å². The number of aromatic nitrogens is 2. The van der Waals surface area contributed by atoms with Gasteiger partial charge in [-0.25, -0.2) is 4.68 Å². The fourth-order valence-electron chi connectivity index (χ4n) is 1.93. The van der Waals surface area contributed by atoms with Gasteiger partial charge >= 0.3 is 0 Å². The minimum Gasteiger partial charge on any atom is -0.399 e. The van der Waals surface area contributed by atoms with Crippen molar-refractivity contribution in [1.82, 2.24) is 14.7 Å². The van der Waals surface area contributed by atoms with Crippen LogP contribution in [-0.4, -0.2) is 45.4 Å². The maximum absolute atomic E-state index is 12.2. The number of carbonyl (C=O) groups excluding carboxylic acids is 1. The van der Waals surface area contributed by atoms with Crippen molar-refractivity contribution in [3.05, 3.63) is 42.2 Å². The Kier molecular flexibility index (Phi) is 4.59. The van der Waals surface area contributed by atoms with Crippen LogP contribution in [0, 0.1) is 0 Å². The van der Waals surface area contributed by atoms with E-state index in [0.29, 0.717) is 24.3 Å². The molecule has 1 heterocycles. The number of amides is 1. The van der Waals surface area contributed by atoms with Gasteiger partial charge in [-0.1, -0.05) is 6.07 Å². The number of benzene rings is 1. The predicted octanol–water partition coefficient (Wildman–Crippen LogP) is 1.30. The summed E-state index contributed by atoms with van der Waals surface area (Å²) >= 11 is 0. The van der Waals surface area contributed by atoms with Crippen LogP contribution in [0.2, 0.25) is 0 Å². The summed E-state index contributed by atoms with van der Waals surface area (Å²) in [6.45, 7) is 2.19. The molecule has 1 amide bonds. The average molecular weight is 288 g/mol. The highest BCUT2D eigenvalue weighted by atomic mass is 16.3. The van der Waals surface area contributed by atoms with E-state index in [1.807, 2.05) is 12.1 Å². The fraction of sp³-hybridized carbons (Fsp3) is 0.333. The molecule has 0 bridgehead atoms. The third-order valence-electron chi connectivity index (χ3n) is 3.17. The summed E-state index contributed by atoms with van der Waals surface area (Å²) in [5.41, 5.74) is 7.55. The Hall–Kier alpha value is -2.34. The van der Waals surface area contributed by atoms with Crippen molar-refractivity contribution in [2.45, 2.75) is 19.4 Å². The molecule has 0 radical (unpaired) electrons. The third kappa shape index (κ3) is 3.82. The van der Waals surface area contributed by atoms with Crippen molar-refractivity contribution >= 4 is 11.6 Å². The summed E-state index contributed by atoms with van der Waals surface area (Å²) in [5, 5.41) is 13.5. The van der Waals surface area contributed by atoms with Gasteiger partial charge in [0.25, 0.3) is 5.91 Å². The van der Waals surface area contributed by atoms with Crippen molar-refractivity contribution in [2.24, 2.45) is 0 Å². The first-order valence-electron chi connectivity index (χ1n) is 6.82. The molecule has 0 saturated carbocycles. The first-order chi connectivity index (χ1) is 9.97. The van der Waals surface area contributed by atoms with Crippen LogP contribution in [0.1, 0.15) is 23.8 Å². The van der Waals surface area contributed by atoms with E-state index in [1.54, 1.807) is 47.9 Å². The van der Waals surface area contributed by atoms with Crippen LogP contribution >= 0.6 is 0 Å². The summed E-state index contributed by atoms with van der Waals surface area (Å²) in [5.74, 6) is -0.168. The lowest BCUT2D eigenvalue weighted by Gasteiger charge is -2.16. The highest BCUT2D eigenvalue weighted by Crippen LogP contribution is 2.12. The van der Waals surface area contributed by atoms with E-state index in [1.165, 1.54) is 0 Å². The molecule has 112 valence electrons. The fourth-order valence-corrected chi connectivity index (χ4v) is 1.93. The van der Waals surface area contributed by atoms with Gasteiger partial charge in [0.1, 0.15) is 0 Å². The number of nitrogens with zero attached hydrogens (tertiary/aromatic N) is 3. The van der Waals surface area contributed by atoms with Gasteiger partial charge in [-0.2, -0.15) is 5.10 Å². The van der Waals surface area contributed by atoms with Gasteiger partial charge in [-0.3, -0.25) is 4.79 Å². The zero-order valence-corrected chi connectivity index (χ0v) is 12.2. The Labute approximate surface area is 123 Å². The molecule has 2 aromatic rings. The summed E-state index contributed by atoms with van der Waals surface area (Å²) in [4.78, 5) is 13.8. The number of aliphatic hydroxyl groups is 1. The van der Waals surface area contributed by atoms with Gasteiger partial charge < -0.3 is 15.7 Å². The molecule has 0 spiro atoms. The van der Waals surface area contributed by atoms with Crippen molar-refractivity contribution < 1.29 is 9.90 Å². The molecule has 0 aliphatic heterocycles. The molecule has 2 rings (SSSR count). The minimum atomic E-state index is -0.426. The van der Waals surface area contributed by atoms with Crippen LogP contribution in [0.3, 0.4) is 0 Å². The zero-order chi connectivity index (χ0) is 15.4. The molecular weight excluding hydrogens is 268 g/mol. The SMILES string of the molecule is CC(O)CCN(C)C(=O)c1ccn(-c2cccc(N)c2)n1. The first-order valence-corrected chi connectivity index (χ1v) is 6.82. The number of hydrogen-bond acceptors (Lipinski definition) is 4. The second kappa shape index (κ2) is 6.41. The third-order valence-corrected chi connectivity index (χ3v) is 3.17. The van der Waals surface area contributed by atoms with Gasteiger partial charge in [-0.15, -0.1) is 0 Å².